The van der Waals surface area contributed by atoms with Crippen LogP contribution in [0.1, 0.15) is 23.2 Å². The van der Waals surface area contributed by atoms with Crippen LogP contribution in [0.25, 0.3) is 0 Å². The smallest absolute Gasteiger partial charge is 0.415 e. The Balaban J connectivity index is 1.29. The number of halogens is 1. The number of aromatic nitrogens is 1. The van der Waals surface area contributed by atoms with Crippen molar-refractivity contribution in [2.75, 3.05) is 35.6 Å². The highest BCUT2D eigenvalue weighted by Crippen LogP contribution is 2.30. The number of nitrogens with one attached hydrogen (secondary N) is 2. The normalized spacial score (nSPS) is 17.5. The molecule has 4 N–H and O–H groups in total. The summed E-state index contributed by atoms with van der Waals surface area (Å²) in [6.45, 7) is 0.615. The number of anilines is 3. The Morgan fingerprint density at radius 2 is 2.16 bits per heavy atom. The van der Waals surface area contributed by atoms with Crippen LogP contribution < -0.4 is 26.0 Å². The Kier molecular flexibility index (Phi) is 5.81. The second-order valence-corrected chi connectivity index (χ2v) is 7.48. The van der Waals surface area contributed by atoms with Crippen LogP contribution in [0.5, 0.6) is 5.75 Å². The van der Waals surface area contributed by atoms with Gasteiger partial charge < -0.3 is 25.8 Å². The van der Waals surface area contributed by atoms with Crippen molar-refractivity contribution >= 4 is 46.8 Å². The van der Waals surface area contributed by atoms with Crippen molar-refractivity contribution in [1.82, 2.24) is 10.3 Å². The van der Waals surface area contributed by atoms with Crippen LogP contribution in [0, 0.1) is 0 Å². The number of fused-ring (bicyclic) bond motifs is 1. The third kappa shape index (κ3) is 4.48. The van der Waals surface area contributed by atoms with Crippen LogP contribution in [-0.2, 0) is 9.53 Å². The molecule has 31 heavy (non-hydrogen) atoms. The van der Waals surface area contributed by atoms with Gasteiger partial charge in [-0.2, -0.15) is 0 Å². The maximum atomic E-state index is 12.3. The molecule has 11 heteroatoms. The lowest BCUT2D eigenvalue weighted by molar-refractivity contribution is -0.118. The van der Waals surface area contributed by atoms with E-state index in [0.29, 0.717) is 43.2 Å². The minimum atomic E-state index is -0.520. The Bertz CT molecular complexity index is 1030. The highest BCUT2D eigenvalue weighted by molar-refractivity contribution is 6.34. The summed E-state index contributed by atoms with van der Waals surface area (Å²) in [6, 6.07) is 8.17. The van der Waals surface area contributed by atoms with Crippen molar-refractivity contribution < 1.29 is 23.9 Å². The van der Waals surface area contributed by atoms with Gasteiger partial charge in [0, 0.05) is 12.2 Å². The van der Waals surface area contributed by atoms with Crippen LogP contribution >= 0.6 is 11.6 Å². The molecule has 1 aromatic carbocycles. The summed E-state index contributed by atoms with van der Waals surface area (Å²) < 4.78 is 10.7. The molecule has 162 valence electrons. The van der Waals surface area contributed by atoms with Gasteiger partial charge >= 0.3 is 6.09 Å². The predicted molar refractivity (Wildman–Crippen MR) is 113 cm³/mol. The van der Waals surface area contributed by atoms with Gasteiger partial charge in [-0.15, -0.1) is 0 Å². The number of carbonyl (C=O) groups is 3. The predicted octanol–water partition coefficient (Wildman–Crippen LogP) is 2.18. The summed E-state index contributed by atoms with van der Waals surface area (Å²) in [5, 5.41) is 5.67. The standard InChI is InChI=1S/C20H20ClN5O5/c21-12-4-1-5-13(22)17(12)19(28)23-8-2-3-11-9-26(20(29)31-11)15-7-6-14-18(24-15)25-16(27)10-30-14/h1,4-7,11H,2-3,8-10,22H2,(H,23,28)(H,24,25,27). The van der Waals surface area contributed by atoms with Gasteiger partial charge in [0.15, 0.2) is 18.2 Å². The highest BCUT2D eigenvalue weighted by atomic mass is 35.5. The van der Waals surface area contributed by atoms with Crippen molar-refractivity contribution in [3.05, 3.63) is 40.9 Å². The topological polar surface area (TPSA) is 136 Å². The lowest BCUT2D eigenvalue weighted by atomic mass is 10.1. The summed E-state index contributed by atoms with van der Waals surface area (Å²) in [6.07, 6.45) is 0.265. The molecule has 4 rings (SSSR count). The molecule has 3 heterocycles. The number of nitrogen functional groups attached to an aromatic ring is 1. The first-order valence-corrected chi connectivity index (χ1v) is 10.0. The zero-order valence-corrected chi connectivity index (χ0v) is 17.1. The third-order valence-corrected chi connectivity index (χ3v) is 5.19. The number of ether oxygens (including phenoxy) is 2. The second-order valence-electron chi connectivity index (χ2n) is 7.07. The minimum Gasteiger partial charge on any atom is -0.480 e. The maximum Gasteiger partial charge on any atom is 0.415 e. The van der Waals surface area contributed by atoms with Crippen molar-refractivity contribution in [3.8, 4) is 5.75 Å². The van der Waals surface area contributed by atoms with E-state index in [9.17, 15) is 14.4 Å². The van der Waals surface area contributed by atoms with Gasteiger partial charge in [-0.1, -0.05) is 17.7 Å². The van der Waals surface area contributed by atoms with Crippen LogP contribution in [0.3, 0.4) is 0 Å². The molecule has 3 amide bonds. The first-order valence-electron chi connectivity index (χ1n) is 9.66. The fraction of sp³-hybridized carbons (Fsp3) is 0.300. The number of hydrogen-bond acceptors (Lipinski definition) is 7. The van der Waals surface area contributed by atoms with Crippen molar-refractivity contribution in [2.45, 2.75) is 18.9 Å². The molecule has 0 spiro atoms. The minimum absolute atomic E-state index is 0.0680. The fourth-order valence-electron chi connectivity index (χ4n) is 3.36. The number of benzene rings is 1. The van der Waals surface area contributed by atoms with Crippen molar-refractivity contribution in [3.63, 3.8) is 0 Å². The number of pyridine rings is 1. The van der Waals surface area contributed by atoms with Gasteiger partial charge in [0.1, 0.15) is 11.9 Å². The molecule has 0 bridgehead atoms. The molecule has 2 aliphatic rings. The second kappa shape index (κ2) is 8.68. The van der Waals surface area contributed by atoms with E-state index in [2.05, 4.69) is 15.6 Å². The molecule has 2 aliphatic heterocycles. The third-order valence-electron chi connectivity index (χ3n) is 4.87. The molecule has 1 fully saturated rings. The molecule has 1 atom stereocenters. The Morgan fingerprint density at radius 3 is 2.97 bits per heavy atom. The number of amides is 3. The SMILES string of the molecule is Nc1cccc(Cl)c1C(=O)NCCCC1CN(c2ccc3c(n2)NC(=O)CO3)C(=O)O1. The molecule has 0 radical (unpaired) electrons. The van der Waals surface area contributed by atoms with E-state index >= 15 is 0 Å². The zero-order valence-electron chi connectivity index (χ0n) is 16.4. The number of hydrogen-bond donors (Lipinski definition) is 3. The van der Waals surface area contributed by atoms with E-state index in [4.69, 9.17) is 26.8 Å². The molecule has 10 nitrogen and oxygen atoms in total. The fourth-order valence-corrected chi connectivity index (χ4v) is 3.63. The van der Waals surface area contributed by atoms with Crippen LogP contribution in [-0.4, -0.2) is 48.7 Å². The number of cyclic esters (lactones) is 1. The van der Waals surface area contributed by atoms with E-state index < -0.39 is 6.09 Å². The monoisotopic (exact) mass is 445 g/mol. The number of rotatable bonds is 6. The first-order chi connectivity index (χ1) is 14.9. The van der Waals surface area contributed by atoms with Crippen LogP contribution in [0.4, 0.5) is 22.1 Å². The summed E-state index contributed by atoms with van der Waals surface area (Å²) in [5.41, 5.74) is 6.37. The van der Waals surface area contributed by atoms with Crippen molar-refractivity contribution in [1.29, 1.82) is 0 Å². The van der Waals surface area contributed by atoms with Crippen LogP contribution in [0.15, 0.2) is 30.3 Å². The summed E-state index contributed by atoms with van der Waals surface area (Å²) >= 11 is 6.04. The quantitative estimate of drug-likeness (QED) is 0.458. The number of nitrogens with zero attached hydrogens (tertiary/aromatic N) is 2. The molecule has 1 unspecified atom stereocenters. The van der Waals surface area contributed by atoms with E-state index in [1.807, 2.05) is 0 Å². The lowest BCUT2D eigenvalue weighted by Crippen LogP contribution is -2.29. The largest absolute Gasteiger partial charge is 0.480 e. The molecule has 0 saturated carbocycles. The van der Waals surface area contributed by atoms with Crippen molar-refractivity contribution in [2.24, 2.45) is 0 Å². The number of carbonyl (C=O) groups excluding carboxylic acids is 3. The number of nitrogens with two attached hydrogens (primary N) is 1. The Hall–Kier alpha value is -3.53. The molecular formula is C20H20ClN5O5. The van der Waals surface area contributed by atoms with Crippen LogP contribution in [0.2, 0.25) is 5.02 Å². The Morgan fingerprint density at radius 1 is 1.32 bits per heavy atom. The van der Waals surface area contributed by atoms with Gasteiger partial charge in [0.05, 0.1) is 17.1 Å². The van der Waals surface area contributed by atoms with E-state index in [1.165, 1.54) is 4.90 Å². The molecule has 1 aromatic heterocycles. The van der Waals surface area contributed by atoms with Gasteiger partial charge in [-0.25, -0.2) is 9.78 Å². The van der Waals surface area contributed by atoms with Gasteiger partial charge in [0.2, 0.25) is 0 Å². The van der Waals surface area contributed by atoms with Gasteiger partial charge in [0.25, 0.3) is 11.8 Å². The molecule has 1 saturated heterocycles. The zero-order chi connectivity index (χ0) is 22.0. The molecular weight excluding hydrogens is 426 g/mol. The maximum absolute atomic E-state index is 12.3. The summed E-state index contributed by atoms with van der Waals surface area (Å²) in [4.78, 5) is 41.7. The van der Waals surface area contributed by atoms with E-state index in [-0.39, 0.29) is 40.9 Å². The summed E-state index contributed by atoms with van der Waals surface area (Å²) in [5.74, 6) is 0.420. The van der Waals surface area contributed by atoms with Gasteiger partial charge in [-0.3, -0.25) is 14.5 Å². The molecule has 0 aliphatic carbocycles. The highest BCUT2D eigenvalue weighted by Gasteiger charge is 2.33. The summed E-state index contributed by atoms with van der Waals surface area (Å²) in [7, 11) is 0. The Labute approximate surface area is 182 Å². The van der Waals surface area contributed by atoms with E-state index in [1.54, 1.807) is 30.3 Å². The average molecular weight is 446 g/mol. The average Bonchev–Trinajstić information content (AvgIpc) is 3.11. The van der Waals surface area contributed by atoms with E-state index in [0.717, 1.165) is 0 Å². The van der Waals surface area contributed by atoms with Gasteiger partial charge in [-0.05, 0) is 37.1 Å². The first kappa shape index (κ1) is 20.7. The molecule has 2 aromatic rings. The lowest BCUT2D eigenvalue weighted by Gasteiger charge is -2.19.